The Labute approximate surface area is 138 Å². The Kier molecular flexibility index (Phi) is 4.01. The highest BCUT2D eigenvalue weighted by Crippen LogP contribution is 2.23. The summed E-state index contributed by atoms with van der Waals surface area (Å²) in [6.07, 6.45) is 4.54. The lowest BCUT2D eigenvalue weighted by Crippen LogP contribution is -2.23. The number of rotatable bonds is 3. The molecule has 0 atom stereocenters. The number of hydrogen-bond acceptors (Lipinski definition) is 4. The second-order valence-corrected chi connectivity index (χ2v) is 6.54. The van der Waals surface area contributed by atoms with E-state index < -0.39 is 5.95 Å². The highest BCUT2D eigenvalue weighted by atomic mass is 19.1. The van der Waals surface area contributed by atoms with Crippen molar-refractivity contribution < 1.29 is 9.18 Å². The SMILES string of the molecule is CC(C)(C)c1ccnc2c(C(=O)NCc3ccnc(F)c3)cnn12. The van der Waals surface area contributed by atoms with Gasteiger partial charge in [-0.2, -0.15) is 9.49 Å². The van der Waals surface area contributed by atoms with E-state index in [1.165, 1.54) is 18.5 Å². The molecule has 3 heterocycles. The number of carbonyl (C=O) groups excluding carboxylic acids is 1. The normalized spacial score (nSPS) is 11.7. The molecule has 0 saturated carbocycles. The molecule has 3 rings (SSSR count). The molecule has 7 heteroatoms. The highest BCUT2D eigenvalue weighted by molar-refractivity contribution is 5.99. The summed E-state index contributed by atoms with van der Waals surface area (Å²) in [7, 11) is 0. The first-order chi connectivity index (χ1) is 11.4. The summed E-state index contributed by atoms with van der Waals surface area (Å²) in [5.41, 5.74) is 2.35. The zero-order chi connectivity index (χ0) is 17.3. The number of hydrogen-bond donors (Lipinski definition) is 1. The Balaban J connectivity index is 1.86. The highest BCUT2D eigenvalue weighted by Gasteiger charge is 2.21. The standard InChI is InChI=1S/C17H18FN5O/c1-17(2,3)13-5-7-20-15-12(10-22-23(13)15)16(24)21-9-11-4-6-19-14(18)8-11/h4-8,10H,9H2,1-3H3,(H,21,24). The van der Waals surface area contributed by atoms with Crippen LogP contribution in [0, 0.1) is 5.95 Å². The van der Waals surface area contributed by atoms with E-state index >= 15 is 0 Å². The molecule has 1 amide bonds. The third-order valence-corrected chi connectivity index (χ3v) is 3.66. The van der Waals surface area contributed by atoms with Gasteiger partial charge in [-0.3, -0.25) is 4.79 Å². The summed E-state index contributed by atoms with van der Waals surface area (Å²) in [4.78, 5) is 20.2. The van der Waals surface area contributed by atoms with E-state index in [9.17, 15) is 9.18 Å². The molecule has 0 unspecified atom stereocenters. The third kappa shape index (κ3) is 3.10. The van der Waals surface area contributed by atoms with Crippen LogP contribution in [0.25, 0.3) is 5.65 Å². The fourth-order valence-electron chi connectivity index (χ4n) is 2.45. The maximum Gasteiger partial charge on any atom is 0.257 e. The van der Waals surface area contributed by atoms with E-state index in [4.69, 9.17) is 0 Å². The van der Waals surface area contributed by atoms with Crippen LogP contribution in [0.5, 0.6) is 0 Å². The van der Waals surface area contributed by atoms with Gasteiger partial charge in [0.15, 0.2) is 5.65 Å². The second kappa shape index (κ2) is 5.99. The van der Waals surface area contributed by atoms with Gasteiger partial charge in [-0.15, -0.1) is 0 Å². The van der Waals surface area contributed by atoms with Crippen LogP contribution in [0.2, 0.25) is 0 Å². The van der Waals surface area contributed by atoms with Crippen LogP contribution in [-0.2, 0) is 12.0 Å². The molecule has 3 aromatic rings. The first-order valence-electron chi connectivity index (χ1n) is 7.58. The summed E-state index contributed by atoms with van der Waals surface area (Å²) in [5, 5.41) is 7.05. The van der Waals surface area contributed by atoms with Gasteiger partial charge in [0.1, 0.15) is 5.56 Å². The lowest BCUT2D eigenvalue weighted by Gasteiger charge is -2.19. The molecule has 6 nitrogen and oxygen atoms in total. The Morgan fingerprint density at radius 2 is 2.00 bits per heavy atom. The number of fused-ring (bicyclic) bond motifs is 1. The minimum atomic E-state index is -0.575. The number of carbonyl (C=O) groups is 1. The van der Waals surface area contributed by atoms with Gasteiger partial charge in [0.2, 0.25) is 5.95 Å². The van der Waals surface area contributed by atoms with Crippen LogP contribution in [0.1, 0.15) is 42.4 Å². The summed E-state index contributed by atoms with van der Waals surface area (Å²) in [6.45, 7) is 6.41. The van der Waals surface area contributed by atoms with Crippen LogP contribution in [0.4, 0.5) is 4.39 Å². The summed E-state index contributed by atoms with van der Waals surface area (Å²) < 4.78 is 14.8. The van der Waals surface area contributed by atoms with Crippen molar-refractivity contribution in [3.05, 3.63) is 59.6 Å². The third-order valence-electron chi connectivity index (χ3n) is 3.66. The van der Waals surface area contributed by atoms with Gasteiger partial charge in [0.05, 0.1) is 11.9 Å². The molecule has 0 aliphatic heterocycles. The molecule has 124 valence electrons. The van der Waals surface area contributed by atoms with E-state index in [2.05, 4.69) is 41.2 Å². The maximum atomic E-state index is 13.1. The number of halogens is 1. The fourth-order valence-corrected chi connectivity index (χ4v) is 2.45. The Hall–Kier alpha value is -2.83. The lowest BCUT2D eigenvalue weighted by atomic mass is 9.92. The van der Waals surface area contributed by atoms with Crippen LogP contribution >= 0.6 is 0 Å². The van der Waals surface area contributed by atoms with Crippen molar-refractivity contribution >= 4 is 11.6 Å². The second-order valence-electron chi connectivity index (χ2n) is 6.54. The first kappa shape index (κ1) is 16.0. The summed E-state index contributed by atoms with van der Waals surface area (Å²) >= 11 is 0. The Morgan fingerprint density at radius 3 is 2.71 bits per heavy atom. The van der Waals surface area contributed by atoms with Crippen molar-refractivity contribution in [2.45, 2.75) is 32.7 Å². The topological polar surface area (TPSA) is 72.2 Å². The van der Waals surface area contributed by atoms with Crippen molar-refractivity contribution in [2.75, 3.05) is 0 Å². The summed E-state index contributed by atoms with van der Waals surface area (Å²) in [6, 6.07) is 4.82. The monoisotopic (exact) mass is 327 g/mol. The number of nitrogens with one attached hydrogen (secondary N) is 1. The molecule has 0 bridgehead atoms. The average Bonchev–Trinajstić information content (AvgIpc) is 2.95. The van der Waals surface area contributed by atoms with Gasteiger partial charge in [-0.25, -0.2) is 14.5 Å². The van der Waals surface area contributed by atoms with Gasteiger partial charge in [-0.05, 0) is 23.8 Å². The predicted molar refractivity (Wildman–Crippen MR) is 87.1 cm³/mol. The van der Waals surface area contributed by atoms with Crippen molar-refractivity contribution in [2.24, 2.45) is 0 Å². The lowest BCUT2D eigenvalue weighted by molar-refractivity contribution is 0.0952. The molecule has 0 aliphatic rings. The quantitative estimate of drug-likeness (QED) is 0.750. The van der Waals surface area contributed by atoms with Crippen molar-refractivity contribution in [3.8, 4) is 0 Å². The van der Waals surface area contributed by atoms with Gasteiger partial charge in [0, 0.05) is 24.4 Å². The summed E-state index contributed by atoms with van der Waals surface area (Å²) in [5.74, 6) is -0.880. The van der Waals surface area contributed by atoms with Crippen LogP contribution in [-0.4, -0.2) is 25.5 Å². The molecule has 0 radical (unpaired) electrons. The molecule has 0 spiro atoms. The predicted octanol–water partition coefficient (Wildman–Crippen LogP) is 2.49. The van der Waals surface area contributed by atoms with Gasteiger partial charge < -0.3 is 5.32 Å². The molecular weight excluding hydrogens is 309 g/mol. The van der Waals surface area contributed by atoms with Crippen LogP contribution < -0.4 is 5.32 Å². The van der Waals surface area contributed by atoms with Crippen molar-refractivity contribution in [1.82, 2.24) is 24.9 Å². The first-order valence-corrected chi connectivity index (χ1v) is 7.58. The van der Waals surface area contributed by atoms with Crippen LogP contribution in [0.15, 0.2) is 36.8 Å². The Morgan fingerprint density at radius 1 is 1.25 bits per heavy atom. The molecule has 0 saturated heterocycles. The molecule has 0 aliphatic carbocycles. The minimum Gasteiger partial charge on any atom is -0.348 e. The van der Waals surface area contributed by atoms with E-state index in [-0.39, 0.29) is 17.9 Å². The minimum absolute atomic E-state index is 0.129. The maximum absolute atomic E-state index is 13.1. The average molecular weight is 327 g/mol. The van der Waals surface area contributed by atoms with Gasteiger partial charge in [0.25, 0.3) is 5.91 Å². The van der Waals surface area contributed by atoms with Crippen molar-refractivity contribution in [3.63, 3.8) is 0 Å². The molecule has 3 aromatic heterocycles. The van der Waals surface area contributed by atoms with E-state index in [1.54, 1.807) is 16.8 Å². The smallest absolute Gasteiger partial charge is 0.257 e. The number of aromatic nitrogens is 4. The van der Waals surface area contributed by atoms with E-state index in [1.807, 2.05) is 6.07 Å². The largest absolute Gasteiger partial charge is 0.348 e. The molecule has 24 heavy (non-hydrogen) atoms. The van der Waals surface area contributed by atoms with Gasteiger partial charge in [-0.1, -0.05) is 20.8 Å². The molecule has 0 aromatic carbocycles. The molecular formula is C17H18FN5O. The molecule has 1 N–H and O–H groups in total. The van der Waals surface area contributed by atoms with E-state index in [0.29, 0.717) is 16.8 Å². The number of amides is 1. The molecule has 0 fully saturated rings. The number of pyridine rings is 1. The van der Waals surface area contributed by atoms with E-state index in [0.717, 1.165) is 5.69 Å². The zero-order valence-electron chi connectivity index (χ0n) is 13.7. The Bertz CT molecular complexity index is 897. The number of nitrogens with zero attached hydrogens (tertiary/aromatic N) is 4. The fraction of sp³-hybridized carbons (Fsp3) is 0.294. The van der Waals surface area contributed by atoms with Crippen molar-refractivity contribution in [1.29, 1.82) is 0 Å². The van der Waals surface area contributed by atoms with Crippen LogP contribution in [0.3, 0.4) is 0 Å². The zero-order valence-corrected chi connectivity index (χ0v) is 13.7. The van der Waals surface area contributed by atoms with Gasteiger partial charge >= 0.3 is 0 Å².